The SMILES string of the molecule is CC(C1CCCC1)N(CCC(=O)O)c1ccccc1. The summed E-state index contributed by atoms with van der Waals surface area (Å²) >= 11 is 0. The zero-order valence-electron chi connectivity index (χ0n) is 11.6. The molecule has 104 valence electrons. The summed E-state index contributed by atoms with van der Waals surface area (Å²) in [6.45, 7) is 2.84. The Hall–Kier alpha value is -1.51. The molecule has 1 aliphatic rings. The molecule has 0 aliphatic heterocycles. The number of hydrogen-bond acceptors (Lipinski definition) is 2. The predicted octanol–water partition coefficient (Wildman–Crippen LogP) is 3.55. The first-order valence-electron chi connectivity index (χ1n) is 7.22. The third-order valence-electron chi connectivity index (χ3n) is 4.23. The van der Waals surface area contributed by atoms with Gasteiger partial charge in [0, 0.05) is 18.3 Å². The zero-order chi connectivity index (χ0) is 13.7. The Morgan fingerprint density at radius 3 is 2.53 bits per heavy atom. The van der Waals surface area contributed by atoms with Crippen LogP contribution in [0.2, 0.25) is 0 Å². The molecule has 0 saturated heterocycles. The van der Waals surface area contributed by atoms with E-state index in [9.17, 15) is 4.79 Å². The van der Waals surface area contributed by atoms with Crippen LogP contribution >= 0.6 is 0 Å². The highest BCUT2D eigenvalue weighted by atomic mass is 16.4. The van der Waals surface area contributed by atoms with Crippen LogP contribution in [0.4, 0.5) is 5.69 Å². The lowest BCUT2D eigenvalue weighted by Crippen LogP contribution is -2.39. The van der Waals surface area contributed by atoms with Crippen molar-refractivity contribution in [3.63, 3.8) is 0 Å². The lowest BCUT2D eigenvalue weighted by molar-refractivity contribution is -0.136. The van der Waals surface area contributed by atoms with E-state index in [1.54, 1.807) is 0 Å². The summed E-state index contributed by atoms with van der Waals surface area (Å²) in [5, 5.41) is 8.93. The topological polar surface area (TPSA) is 40.5 Å². The zero-order valence-corrected chi connectivity index (χ0v) is 11.6. The van der Waals surface area contributed by atoms with Gasteiger partial charge >= 0.3 is 5.97 Å². The summed E-state index contributed by atoms with van der Waals surface area (Å²) < 4.78 is 0. The highest BCUT2D eigenvalue weighted by Crippen LogP contribution is 2.32. The minimum atomic E-state index is -0.723. The Kier molecular flexibility index (Phi) is 4.83. The highest BCUT2D eigenvalue weighted by molar-refractivity contribution is 5.67. The molecule has 1 aliphatic carbocycles. The van der Waals surface area contributed by atoms with Crippen LogP contribution in [0.3, 0.4) is 0 Å². The number of rotatable bonds is 6. The van der Waals surface area contributed by atoms with E-state index < -0.39 is 5.97 Å². The predicted molar refractivity (Wildman–Crippen MR) is 77.5 cm³/mol. The Balaban J connectivity index is 2.10. The van der Waals surface area contributed by atoms with E-state index in [4.69, 9.17) is 5.11 Å². The van der Waals surface area contributed by atoms with Gasteiger partial charge in [0.2, 0.25) is 0 Å². The van der Waals surface area contributed by atoms with Gasteiger partial charge in [-0.15, -0.1) is 0 Å². The van der Waals surface area contributed by atoms with Crippen LogP contribution in [-0.2, 0) is 4.79 Å². The van der Waals surface area contributed by atoms with Crippen LogP contribution in [0.25, 0.3) is 0 Å². The average Bonchev–Trinajstić information content (AvgIpc) is 2.93. The number of aliphatic carboxylic acids is 1. The Morgan fingerprint density at radius 1 is 1.32 bits per heavy atom. The molecule has 0 spiro atoms. The minimum Gasteiger partial charge on any atom is -0.481 e. The molecule has 1 N–H and O–H groups in total. The molecule has 0 radical (unpaired) electrons. The summed E-state index contributed by atoms with van der Waals surface area (Å²) in [4.78, 5) is 13.1. The fourth-order valence-electron chi connectivity index (χ4n) is 3.10. The van der Waals surface area contributed by atoms with Gasteiger partial charge in [-0.25, -0.2) is 0 Å². The Labute approximate surface area is 115 Å². The number of benzene rings is 1. The van der Waals surface area contributed by atoms with Crippen LogP contribution in [0, 0.1) is 5.92 Å². The van der Waals surface area contributed by atoms with Crippen LogP contribution in [0.5, 0.6) is 0 Å². The number of carboxylic acid groups (broad SMARTS) is 1. The molecule has 2 rings (SSSR count). The molecule has 1 fully saturated rings. The first-order chi connectivity index (χ1) is 9.18. The van der Waals surface area contributed by atoms with E-state index in [1.165, 1.54) is 25.7 Å². The number of para-hydroxylation sites is 1. The summed E-state index contributed by atoms with van der Waals surface area (Å²) in [5.74, 6) is -0.0199. The molecule has 1 aromatic rings. The fraction of sp³-hybridized carbons (Fsp3) is 0.562. The van der Waals surface area contributed by atoms with E-state index >= 15 is 0 Å². The summed E-state index contributed by atoms with van der Waals surface area (Å²) in [7, 11) is 0. The first-order valence-corrected chi connectivity index (χ1v) is 7.22. The van der Waals surface area contributed by atoms with Crippen molar-refractivity contribution in [3.05, 3.63) is 30.3 Å². The van der Waals surface area contributed by atoms with E-state index in [-0.39, 0.29) is 6.42 Å². The lowest BCUT2D eigenvalue weighted by atomic mass is 9.97. The van der Waals surface area contributed by atoms with Crippen molar-refractivity contribution >= 4 is 11.7 Å². The molecule has 19 heavy (non-hydrogen) atoms. The van der Waals surface area contributed by atoms with Crippen molar-refractivity contribution in [2.24, 2.45) is 5.92 Å². The van der Waals surface area contributed by atoms with E-state index in [1.807, 2.05) is 18.2 Å². The Morgan fingerprint density at radius 2 is 1.95 bits per heavy atom. The molecule has 1 aromatic carbocycles. The molecule has 0 aromatic heterocycles. The number of hydrogen-bond donors (Lipinski definition) is 1. The molecule has 0 heterocycles. The maximum Gasteiger partial charge on any atom is 0.305 e. The van der Waals surface area contributed by atoms with Crippen LogP contribution in [0.1, 0.15) is 39.0 Å². The van der Waals surface area contributed by atoms with Gasteiger partial charge in [0.05, 0.1) is 6.42 Å². The van der Waals surface area contributed by atoms with Gasteiger partial charge in [-0.1, -0.05) is 31.0 Å². The molecule has 0 bridgehead atoms. The maximum atomic E-state index is 10.9. The molecule has 3 heteroatoms. The third kappa shape index (κ3) is 3.72. The third-order valence-corrected chi connectivity index (χ3v) is 4.23. The van der Waals surface area contributed by atoms with Crippen molar-refractivity contribution in [2.75, 3.05) is 11.4 Å². The van der Waals surface area contributed by atoms with Crippen LogP contribution in [-0.4, -0.2) is 23.7 Å². The van der Waals surface area contributed by atoms with Crippen molar-refractivity contribution in [1.29, 1.82) is 0 Å². The number of carboxylic acids is 1. The molecule has 1 unspecified atom stereocenters. The van der Waals surface area contributed by atoms with Gasteiger partial charge in [0.15, 0.2) is 0 Å². The minimum absolute atomic E-state index is 0.200. The molecule has 3 nitrogen and oxygen atoms in total. The molecular weight excluding hydrogens is 238 g/mol. The number of anilines is 1. The number of carbonyl (C=O) groups is 1. The van der Waals surface area contributed by atoms with Crippen molar-refractivity contribution in [2.45, 2.75) is 45.1 Å². The van der Waals surface area contributed by atoms with Crippen molar-refractivity contribution < 1.29 is 9.90 Å². The van der Waals surface area contributed by atoms with E-state index in [0.29, 0.717) is 18.5 Å². The first kappa shape index (κ1) is 13.9. The van der Waals surface area contributed by atoms with Crippen molar-refractivity contribution in [3.8, 4) is 0 Å². The highest BCUT2D eigenvalue weighted by Gasteiger charge is 2.26. The number of nitrogens with zero attached hydrogens (tertiary/aromatic N) is 1. The molecule has 1 atom stereocenters. The maximum absolute atomic E-state index is 10.9. The Bertz CT molecular complexity index is 398. The van der Waals surface area contributed by atoms with Gasteiger partial charge < -0.3 is 10.0 Å². The second kappa shape index (κ2) is 6.60. The summed E-state index contributed by atoms with van der Waals surface area (Å²) in [6, 6.07) is 10.6. The molecular formula is C16H23NO2. The second-order valence-electron chi connectivity index (χ2n) is 5.46. The monoisotopic (exact) mass is 261 g/mol. The van der Waals surface area contributed by atoms with Gasteiger partial charge in [-0.05, 0) is 37.8 Å². The lowest BCUT2D eigenvalue weighted by Gasteiger charge is -2.35. The van der Waals surface area contributed by atoms with Crippen LogP contribution < -0.4 is 4.90 Å². The fourth-order valence-corrected chi connectivity index (χ4v) is 3.10. The summed E-state index contributed by atoms with van der Waals surface area (Å²) in [6.07, 6.45) is 5.38. The van der Waals surface area contributed by atoms with Crippen LogP contribution in [0.15, 0.2) is 30.3 Å². The molecule has 1 saturated carbocycles. The van der Waals surface area contributed by atoms with Gasteiger partial charge in [0.25, 0.3) is 0 Å². The van der Waals surface area contributed by atoms with Gasteiger partial charge in [-0.3, -0.25) is 4.79 Å². The normalized spacial score (nSPS) is 17.3. The second-order valence-corrected chi connectivity index (χ2v) is 5.46. The van der Waals surface area contributed by atoms with E-state index in [2.05, 4.69) is 24.0 Å². The van der Waals surface area contributed by atoms with E-state index in [0.717, 1.165) is 5.69 Å². The average molecular weight is 261 g/mol. The smallest absolute Gasteiger partial charge is 0.305 e. The van der Waals surface area contributed by atoms with Crippen molar-refractivity contribution in [1.82, 2.24) is 0 Å². The van der Waals surface area contributed by atoms with Gasteiger partial charge in [0.1, 0.15) is 0 Å². The quantitative estimate of drug-likeness (QED) is 0.851. The molecule has 0 amide bonds. The summed E-state index contributed by atoms with van der Waals surface area (Å²) in [5.41, 5.74) is 1.14. The largest absolute Gasteiger partial charge is 0.481 e. The standard InChI is InChI=1S/C16H23NO2/c1-13(14-7-5-6-8-14)17(12-11-16(18)19)15-9-3-2-4-10-15/h2-4,9-10,13-14H,5-8,11-12H2,1H3,(H,18,19). The van der Waals surface area contributed by atoms with Gasteiger partial charge in [-0.2, -0.15) is 0 Å².